The van der Waals surface area contributed by atoms with Crippen molar-refractivity contribution in [1.29, 1.82) is 5.26 Å². The first-order chi connectivity index (χ1) is 8.63. The fourth-order valence-electron chi connectivity index (χ4n) is 1.93. The molecule has 1 aromatic carbocycles. The van der Waals surface area contributed by atoms with Crippen LogP contribution in [-0.2, 0) is 9.53 Å². The highest BCUT2D eigenvalue weighted by atomic mass is 19.1. The third-order valence-corrected chi connectivity index (χ3v) is 2.83. The second kappa shape index (κ2) is 5.02. The van der Waals surface area contributed by atoms with Crippen molar-refractivity contribution in [2.24, 2.45) is 5.73 Å². The van der Waals surface area contributed by atoms with Crippen molar-refractivity contribution < 1.29 is 13.9 Å². The molecule has 1 atom stereocenters. The standard InChI is InChI=1S/C12H12FN3O2/c13-9-2-1-3-10(8(9)6-14)16-4-5-18-11(7-16)12(15)17/h1-3,11H,4-5,7H2,(H2,15,17). The number of ether oxygens (including phenoxy) is 1. The molecule has 6 heteroatoms. The summed E-state index contributed by atoms with van der Waals surface area (Å²) in [7, 11) is 0. The van der Waals surface area contributed by atoms with Gasteiger partial charge in [-0.2, -0.15) is 5.26 Å². The predicted octanol–water partition coefficient (Wildman–Crippen LogP) is 0.388. The van der Waals surface area contributed by atoms with Gasteiger partial charge in [0.25, 0.3) is 0 Å². The van der Waals surface area contributed by atoms with Crippen molar-refractivity contribution in [1.82, 2.24) is 0 Å². The van der Waals surface area contributed by atoms with Gasteiger partial charge in [0, 0.05) is 6.54 Å². The van der Waals surface area contributed by atoms with Gasteiger partial charge in [-0.15, -0.1) is 0 Å². The lowest BCUT2D eigenvalue weighted by Gasteiger charge is -2.33. The minimum atomic E-state index is -0.728. The molecule has 0 spiro atoms. The summed E-state index contributed by atoms with van der Waals surface area (Å²) >= 11 is 0. The van der Waals surface area contributed by atoms with Crippen molar-refractivity contribution in [3.8, 4) is 6.07 Å². The number of hydrogen-bond donors (Lipinski definition) is 1. The Hall–Kier alpha value is -2.13. The first-order valence-electron chi connectivity index (χ1n) is 5.48. The first-order valence-corrected chi connectivity index (χ1v) is 5.48. The summed E-state index contributed by atoms with van der Waals surface area (Å²) in [5.41, 5.74) is 5.62. The Balaban J connectivity index is 2.29. The largest absolute Gasteiger partial charge is 0.367 e. The Morgan fingerprint density at radius 3 is 3.06 bits per heavy atom. The van der Waals surface area contributed by atoms with E-state index in [0.29, 0.717) is 18.8 Å². The summed E-state index contributed by atoms with van der Waals surface area (Å²) in [4.78, 5) is 12.8. The topological polar surface area (TPSA) is 79.3 Å². The van der Waals surface area contributed by atoms with Crippen LogP contribution in [0, 0.1) is 17.1 Å². The smallest absolute Gasteiger partial charge is 0.248 e. The summed E-state index contributed by atoms with van der Waals surface area (Å²) in [6.07, 6.45) is -0.728. The third-order valence-electron chi connectivity index (χ3n) is 2.83. The van der Waals surface area contributed by atoms with E-state index in [-0.39, 0.29) is 12.1 Å². The molecule has 1 amide bonds. The number of benzene rings is 1. The van der Waals surface area contributed by atoms with Crippen molar-refractivity contribution >= 4 is 11.6 Å². The molecular formula is C12H12FN3O2. The molecule has 5 nitrogen and oxygen atoms in total. The summed E-state index contributed by atoms with van der Waals surface area (Å²) in [5.74, 6) is -1.13. The second-order valence-corrected chi connectivity index (χ2v) is 3.95. The zero-order chi connectivity index (χ0) is 13.1. The zero-order valence-corrected chi connectivity index (χ0v) is 9.60. The Kier molecular flexibility index (Phi) is 3.44. The normalized spacial score (nSPS) is 19.3. The fraction of sp³-hybridized carbons (Fsp3) is 0.333. The van der Waals surface area contributed by atoms with Crippen LogP contribution in [-0.4, -0.2) is 31.7 Å². The van der Waals surface area contributed by atoms with E-state index in [1.165, 1.54) is 12.1 Å². The van der Waals surface area contributed by atoms with Gasteiger partial charge < -0.3 is 15.4 Å². The molecule has 94 valence electrons. The number of nitrogens with two attached hydrogens (primary N) is 1. The van der Waals surface area contributed by atoms with Gasteiger partial charge in [-0.25, -0.2) is 4.39 Å². The van der Waals surface area contributed by atoms with Crippen molar-refractivity contribution in [3.05, 3.63) is 29.6 Å². The minimum Gasteiger partial charge on any atom is -0.367 e. The van der Waals surface area contributed by atoms with Gasteiger partial charge >= 0.3 is 0 Å². The molecule has 1 saturated heterocycles. The van der Waals surface area contributed by atoms with E-state index < -0.39 is 17.8 Å². The van der Waals surface area contributed by atoms with Crippen LogP contribution < -0.4 is 10.6 Å². The number of carbonyl (C=O) groups excluding carboxylic acids is 1. The van der Waals surface area contributed by atoms with E-state index in [0.717, 1.165) is 0 Å². The van der Waals surface area contributed by atoms with E-state index in [9.17, 15) is 9.18 Å². The lowest BCUT2D eigenvalue weighted by Crippen LogP contribution is -2.48. The number of amides is 1. The number of primary amides is 1. The predicted molar refractivity (Wildman–Crippen MR) is 62.3 cm³/mol. The highest BCUT2D eigenvalue weighted by Gasteiger charge is 2.26. The monoisotopic (exact) mass is 249 g/mol. The van der Waals surface area contributed by atoms with Gasteiger partial charge in [-0.1, -0.05) is 6.07 Å². The molecule has 1 unspecified atom stereocenters. The fourth-order valence-corrected chi connectivity index (χ4v) is 1.93. The lowest BCUT2D eigenvalue weighted by molar-refractivity contribution is -0.130. The van der Waals surface area contributed by atoms with Crippen molar-refractivity contribution in [3.63, 3.8) is 0 Å². The maximum Gasteiger partial charge on any atom is 0.248 e. The lowest BCUT2D eigenvalue weighted by atomic mass is 10.1. The summed E-state index contributed by atoms with van der Waals surface area (Å²) < 4.78 is 18.7. The van der Waals surface area contributed by atoms with Crippen LogP contribution in [0.4, 0.5) is 10.1 Å². The molecule has 0 aliphatic carbocycles. The first kappa shape index (κ1) is 12.3. The van der Waals surface area contributed by atoms with Gasteiger partial charge in [0.05, 0.1) is 18.8 Å². The van der Waals surface area contributed by atoms with Crippen LogP contribution in [0.2, 0.25) is 0 Å². The van der Waals surface area contributed by atoms with Gasteiger partial charge in [-0.3, -0.25) is 4.79 Å². The molecule has 0 bridgehead atoms. The van der Waals surface area contributed by atoms with Gasteiger partial charge in [0.1, 0.15) is 17.4 Å². The molecule has 0 radical (unpaired) electrons. The number of carbonyl (C=O) groups is 1. The second-order valence-electron chi connectivity index (χ2n) is 3.95. The summed E-state index contributed by atoms with van der Waals surface area (Å²) in [6.45, 7) is 1.03. The van der Waals surface area contributed by atoms with Crippen LogP contribution in [0.1, 0.15) is 5.56 Å². The molecular weight excluding hydrogens is 237 g/mol. The molecule has 18 heavy (non-hydrogen) atoms. The summed E-state index contributed by atoms with van der Waals surface area (Å²) in [5, 5.41) is 8.97. The maximum absolute atomic E-state index is 13.5. The molecule has 2 N–H and O–H groups in total. The van der Waals surface area contributed by atoms with Crippen LogP contribution >= 0.6 is 0 Å². The number of halogens is 1. The number of rotatable bonds is 2. The molecule has 1 aliphatic rings. The molecule has 1 fully saturated rings. The Bertz CT molecular complexity index is 513. The Morgan fingerprint density at radius 1 is 1.61 bits per heavy atom. The minimum absolute atomic E-state index is 0.0254. The van der Waals surface area contributed by atoms with Crippen LogP contribution in [0.3, 0.4) is 0 Å². The van der Waals surface area contributed by atoms with Crippen LogP contribution in [0.25, 0.3) is 0 Å². The van der Waals surface area contributed by atoms with E-state index in [2.05, 4.69) is 0 Å². The van der Waals surface area contributed by atoms with Crippen LogP contribution in [0.15, 0.2) is 18.2 Å². The molecule has 0 aromatic heterocycles. The number of hydrogen-bond acceptors (Lipinski definition) is 4. The Morgan fingerprint density at radius 2 is 2.39 bits per heavy atom. The van der Waals surface area contributed by atoms with E-state index >= 15 is 0 Å². The average Bonchev–Trinajstić information content (AvgIpc) is 2.38. The Labute approximate surface area is 104 Å². The van der Waals surface area contributed by atoms with Crippen molar-refractivity contribution in [2.75, 3.05) is 24.6 Å². The van der Waals surface area contributed by atoms with E-state index in [1.54, 1.807) is 11.0 Å². The number of morpholine rings is 1. The maximum atomic E-state index is 13.5. The highest BCUT2D eigenvalue weighted by molar-refractivity contribution is 5.80. The van der Waals surface area contributed by atoms with Crippen LogP contribution in [0.5, 0.6) is 0 Å². The van der Waals surface area contributed by atoms with Gasteiger partial charge in [0.2, 0.25) is 5.91 Å². The number of nitrogens with zero attached hydrogens (tertiary/aromatic N) is 2. The molecule has 0 saturated carbocycles. The van der Waals surface area contributed by atoms with E-state index in [1.807, 2.05) is 6.07 Å². The SMILES string of the molecule is N#Cc1c(F)cccc1N1CCOC(C(N)=O)C1. The van der Waals surface area contributed by atoms with Gasteiger partial charge in [0.15, 0.2) is 6.10 Å². The average molecular weight is 249 g/mol. The molecule has 1 aliphatic heterocycles. The van der Waals surface area contributed by atoms with Gasteiger partial charge in [-0.05, 0) is 12.1 Å². The quantitative estimate of drug-likeness (QED) is 0.822. The third kappa shape index (κ3) is 2.26. The molecule has 2 rings (SSSR count). The molecule has 1 aromatic rings. The zero-order valence-electron chi connectivity index (χ0n) is 9.60. The number of nitriles is 1. The summed E-state index contributed by atoms with van der Waals surface area (Å²) in [6, 6.07) is 6.23. The molecule has 1 heterocycles. The van der Waals surface area contributed by atoms with Crippen molar-refractivity contribution in [2.45, 2.75) is 6.10 Å². The number of anilines is 1. The van der Waals surface area contributed by atoms with E-state index in [4.69, 9.17) is 15.7 Å². The highest BCUT2D eigenvalue weighted by Crippen LogP contribution is 2.24.